The number of anilines is 1. The largest absolute Gasteiger partial charge is 0.305 e. The number of aromatic nitrogens is 4. The molecule has 0 saturated carbocycles. The minimum Gasteiger partial charge on any atom is -0.305 e. The van der Waals surface area contributed by atoms with Gasteiger partial charge in [0, 0.05) is 11.8 Å². The average molecular weight is 407 g/mol. The van der Waals surface area contributed by atoms with E-state index in [2.05, 4.69) is 15.4 Å². The van der Waals surface area contributed by atoms with Gasteiger partial charge in [0.1, 0.15) is 17.3 Å². The van der Waals surface area contributed by atoms with Gasteiger partial charge in [-0.1, -0.05) is 42.1 Å². The molecule has 0 spiro atoms. The summed E-state index contributed by atoms with van der Waals surface area (Å²) in [7, 11) is 0. The van der Waals surface area contributed by atoms with Crippen molar-refractivity contribution in [1.29, 1.82) is 0 Å². The summed E-state index contributed by atoms with van der Waals surface area (Å²) in [6.45, 7) is 0.538. The molecule has 0 fully saturated rings. The third-order valence-electron chi connectivity index (χ3n) is 4.36. The van der Waals surface area contributed by atoms with E-state index in [1.165, 1.54) is 30.1 Å². The average Bonchev–Trinajstić information content (AvgIpc) is 3.36. The van der Waals surface area contributed by atoms with Gasteiger partial charge in [-0.15, -0.1) is 0 Å². The third-order valence-corrected chi connectivity index (χ3v) is 5.02. The summed E-state index contributed by atoms with van der Waals surface area (Å²) >= 11 is 1.41. The van der Waals surface area contributed by atoms with Crippen LogP contribution < -0.4 is 5.32 Å². The predicted molar refractivity (Wildman–Crippen MR) is 111 cm³/mol. The zero-order valence-corrected chi connectivity index (χ0v) is 16.4. The monoisotopic (exact) mass is 407 g/mol. The zero-order valence-electron chi connectivity index (χ0n) is 15.6. The van der Waals surface area contributed by atoms with Crippen molar-refractivity contribution in [2.24, 2.45) is 0 Å². The van der Waals surface area contributed by atoms with Crippen LogP contribution in [-0.2, 0) is 6.54 Å². The summed E-state index contributed by atoms with van der Waals surface area (Å²) in [5.41, 5.74) is 2.09. The minimum absolute atomic E-state index is 0.322. The van der Waals surface area contributed by atoms with Crippen LogP contribution in [0.3, 0.4) is 0 Å². The predicted octanol–water partition coefficient (Wildman–Crippen LogP) is 4.23. The standard InChI is InChI=1S/C21H18FN5OS/c1-29-21-23-13-18(27(21)17-9-7-16(22)8-10-17)20(28)25-19-11-12-24-26(19)14-15-5-3-2-4-6-15/h2-13H,14H2,1H3,(H,25,28). The van der Waals surface area contributed by atoms with E-state index in [1.54, 1.807) is 33.6 Å². The zero-order chi connectivity index (χ0) is 20.2. The van der Waals surface area contributed by atoms with E-state index in [0.717, 1.165) is 5.56 Å². The molecule has 2 aromatic carbocycles. The number of carbonyl (C=O) groups is 1. The van der Waals surface area contributed by atoms with Crippen molar-refractivity contribution in [2.75, 3.05) is 11.6 Å². The number of halogens is 1. The Morgan fingerprint density at radius 2 is 1.86 bits per heavy atom. The number of nitrogens with zero attached hydrogens (tertiary/aromatic N) is 4. The molecule has 0 unspecified atom stereocenters. The lowest BCUT2D eigenvalue weighted by Crippen LogP contribution is -2.19. The Morgan fingerprint density at radius 1 is 1.10 bits per heavy atom. The van der Waals surface area contributed by atoms with Crippen LogP contribution in [0.25, 0.3) is 5.69 Å². The van der Waals surface area contributed by atoms with Gasteiger partial charge in [0.05, 0.1) is 18.9 Å². The van der Waals surface area contributed by atoms with Crippen LogP contribution in [0.2, 0.25) is 0 Å². The maximum absolute atomic E-state index is 13.3. The van der Waals surface area contributed by atoms with Gasteiger partial charge in [0.2, 0.25) is 0 Å². The highest BCUT2D eigenvalue weighted by Gasteiger charge is 2.19. The summed E-state index contributed by atoms with van der Waals surface area (Å²) in [6, 6.07) is 17.6. The minimum atomic E-state index is -0.338. The number of nitrogens with one attached hydrogen (secondary N) is 1. The highest BCUT2D eigenvalue weighted by Crippen LogP contribution is 2.23. The Morgan fingerprint density at radius 3 is 2.59 bits per heavy atom. The van der Waals surface area contributed by atoms with E-state index in [9.17, 15) is 9.18 Å². The molecule has 1 amide bonds. The van der Waals surface area contributed by atoms with Crippen LogP contribution in [0.1, 0.15) is 16.1 Å². The molecule has 4 aromatic rings. The van der Waals surface area contributed by atoms with E-state index >= 15 is 0 Å². The molecule has 2 heterocycles. The molecule has 29 heavy (non-hydrogen) atoms. The first-order chi connectivity index (χ1) is 14.2. The molecule has 2 aromatic heterocycles. The van der Waals surface area contributed by atoms with Crippen molar-refractivity contribution in [3.05, 3.63) is 90.1 Å². The fourth-order valence-electron chi connectivity index (χ4n) is 2.98. The number of hydrogen-bond acceptors (Lipinski definition) is 4. The van der Waals surface area contributed by atoms with Crippen molar-refractivity contribution >= 4 is 23.5 Å². The van der Waals surface area contributed by atoms with Crippen molar-refractivity contribution < 1.29 is 9.18 Å². The molecule has 0 saturated heterocycles. The van der Waals surface area contributed by atoms with E-state index in [0.29, 0.717) is 28.9 Å². The van der Waals surface area contributed by atoms with E-state index in [4.69, 9.17) is 0 Å². The van der Waals surface area contributed by atoms with Gasteiger partial charge in [0.25, 0.3) is 5.91 Å². The molecule has 0 radical (unpaired) electrons. The summed E-state index contributed by atoms with van der Waals surface area (Å²) in [5, 5.41) is 7.85. The molecule has 0 aliphatic heterocycles. The van der Waals surface area contributed by atoms with Crippen molar-refractivity contribution in [3.8, 4) is 5.69 Å². The van der Waals surface area contributed by atoms with Gasteiger partial charge in [-0.05, 0) is 36.1 Å². The lowest BCUT2D eigenvalue weighted by molar-refractivity contribution is 0.101. The summed E-state index contributed by atoms with van der Waals surface area (Å²) in [5.74, 6) is -0.0799. The lowest BCUT2D eigenvalue weighted by Gasteiger charge is -2.12. The Hall–Kier alpha value is -3.39. The number of rotatable bonds is 6. The van der Waals surface area contributed by atoms with Crippen molar-refractivity contribution in [1.82, 2.24) is 19.3 Å². The molecule has 0 aliphatic rings. The van der Waals surface area contributed by atoms with Crippen LogP contribution >= 0.6 is 11.8 Å². The number of amides is 1. The third kappa shape index (κ3) is 4.07. The van der Waals surface area contributed by atoms with Crippen molar-refractivity contribution in [3.63, 3.8) is 0 Å². The second-order valence-electron chi connectivity index (χ2n) is 6.26. The number of hydrogen-bond donors (Lipinski definition) is 1. The van der Waals surface area contributed by atoms with Crippen LogP contribution in [0.15, 0.2) is 78.2 Å². The Balaban J connectivity index is 1.61. The van der Waals surface area contributed by atoms with Gasteiger partial charge >= 0.3 is 0 Å². The fourth-order valence-corrected chi connectivity index (χ4v) is 3.52. The van der Waals surface area contributed by atoms with Crippen LogP contribution in [0, 0.1) is 5.82 Å². The molecule has 8 heteroatoms. The van der Waals surface area contributed by atoms with Gasteiger partial charge in [-0.2, -0.15) is 5.10 Å². The maximum Gasteiger partial charge on any atom is 0.275 e. The molecule has 1 N–H and O–H groups in total. The second-order valence-corrected chi connectivity index (χ2v) is 7.03. The second kappa shape index (κ2) is 8.32. The van der Waals surface area contributed by atoms with Crippen LogP contribution in [-0.4, -0.2) is 31.5 Å². The Kier molecular flexibility index (Phi) is 5.44. The first kappa shape index (κ1) is 18.9. The van der Waals surface area contributed by atoms with E-state index in [1.807, 2.05) is 36.6 Å². The quantitative estimate of drug-likeness (QED) is 0.486. The van der Waals surface area contributed by atoms with E-state index < -0.39 is 0 Å². The van der Waals surface area contributed by atoms with Gasteiger partial charge < -0.3 is 5.32 Å². The number of benzene rings is 2. The van der Waals surface area contributed by atoms with Gasteiger partial charge in [-0.3, -0.25) is 9.36 Å². The lowest BCUT2D eigenvalue weighted by atomic mass is 10.2. The molecule has 6 nitrogen and oxygen atoms in total. The fraction of sp³-hybridized carbons (Fsp3) is 0.0952. The van der Waals surface area contributed by atoms with Gasteiger partial charge in [-0.25, -0.2) is 14.1 Å². The Bertz CT molecular complexity index is 1120. The number of imidazole rings is 1. The summed E-state index contributed by atoms with van der Waals surface area (Å²) in [6.07, 6.45) is 5.03. The Labute approximate surface area is 171 Å². The first-order valence-electron chi connectivity index (χ1n) is 8.90. The maximum atomic E-state index is 13.3. The molecular formula is C21H18FN5OS. The van der Waals surface area contributed by atoms with Gasteiger partial charge in [0.15, 0.2) is 5.16 Å². The molecule has 146 valence electrons. The molecule has 0 aliphatic carbocycles. The molecular weight excluding hydrogens is 389 g/mol. The number of thioether (sulfide) groups is 1. The van der Waals surface area contributed by atoms with Crippen molar-refractivity contribution in [2.45, 2.75) is 11.7 Å². The van der Waals surface area contributed by atoms with Crippen LogP contribution in [0.5, 0.6) is 0 Å². The first-order valence-corrected chi connectivity index (χ1v) is 10.1. The molecule has 0 bridgehead atoms. The molecule has 4 rings (SSSR count). The highest BCUT2D eigenvalue weighted by atomic mass is 32.2. The SMILES string of the molecule is CSc1ncc(C(=O)Nc2ccnn2Cc2ccccc2)n1-c1ccc(F)cc1. The summed E-state index contributed by atoms with van der Waals surface area (Å²) < 4.78 is 16.8. The normalized spacial score (nSPS) is 10.8. The molecule has 0 atom stereocenters. The number of carbonyl (C=O) groups excluding carboxylic acids is 1. The summed E-state index contributed by atoms with van der Waals surface area (Å²) in [4.78, 5) is 17.3. The van der Waals surface area contributed by atoms with E-state index in [-0.39, 0.29) is 11.7 Å². The van der Waals surface area contributed by atoms with Crippen LogP contribution in [0.4, 0.5) is 10.2 Å². The highest BCUT2D eigenvalue weighted by molar-refractivity contribution is 7.98. The topological polar surface area (TPSA) is 64.7 Å². The smallest absolute Gasteiger partial charge is 0.275 e.